The van der Waals surface area contributed by atoms with E-state index in [0.29, 0.717) is 19.3 Å². The van der Waals surface area contributed by atoms with Crippen LogP contribution in [-0.4, -0.2) is 46.9 Å². The largest absolute Gasteiger partial charge is 0.461 e. The molecule has 0 saturated carbocycles. The van der Waals surface area contributed by atoms with Gasteiger partial charge in [-0.3, -0.25) is 9.59 Å². The molecule has 0 aromatic heterocycles. The molecule has 0 spiro atoms. The molecule has 0 saturated heterocycles. The number of esters is 1. The third kappa shape index (κ3) is 40.1. The van der Waals surface area contributed by atoms with Gasteiger partial charge in [0.15, 0.2) is 0 Å². The number of ether oxygens (including phenoxy) is 1. The fraction of sp³-hybridized carbons (Fsp3) is 0.765. The monoisotopic (exact) mass is 798 g/mol. The van der Waals surface area contributed by atoms with E-state index >= 15 is 0 Å². The highest BCUT2D eigenvalue weighted by molar-refractivity contribution is 5.77. The first-order valence-electron chi connectivity index (χ1n) is 24.0. The van der Waals surface area contributed by atoms with E-state index in [4.69, 9.17) is 4.74 Å². The Morgan fingerprint density at radius 2 is 0.947 bits per heavy atom. The highest BCUT2D eigenvalue weighted by Crippen LogP contribution is 2.16. The molecule has 330 valence electrons. The van der Waals surface area contributed by atoms with Gasteiger partial charge in [0.2, 0.25) is 5.91 Å². The molecule has 0 fully saturated rings. The topological polar surface area (TPSA) is 95.9 Å². The summed E-state index contributed by atoms with van der Waals surface area (Å²) < 4.78 is 5.84. The molecule has 0 aromatic rings. The summed E-state index contributed by atoms with van der Waals surface area (Å²) in [7, 11) is 0. The van der Waals surface area contributed by atoms with Gasteiger partial charge in [0.25, 0.3) is 0 Å². The first kappa shape index (κ1) is 54.6. The summed E-state index contributed by atoms with van der Waals surface area (Å²) in [6.07, 6.45) is 54.3. The van der Waals surface area contributed by atoms with E-state index in [1.807, 2.05) is 12.2 Å². The quantitative estimate of drug-likeness (QED) is 0.0325. The second-order valence-electron chi connectivity index (χ2n) is 16.2. The van der Waals surface area contributed by atoms with Crippen molar-refractivity contribution in [2.75, 3.05) is 6.61 Å². The van der Waals surface area contributed by atoms with Crippen LogP contribution < -0.4 is 5.32 Å². The molecule has 0 bridgehead atoms. The van der Waals surface area contributed by atoms with Gasteiger partial charge in [0, 0.05) is 12.8 Å². The van der Waals surface area contributed by atoms with Gasteiger partial charge >= 0.3 is 5.97 Å². The first-order chi connectivity index (χ1) is 28.0. The summed E-state index contributed by atoms with van der Waals surface area (Å²) in [5, 5.41) is 23.6. The molecule has 3 unspecified atom stereocenters. The second kappa shape index (κ2) is 44.7. The molecule has 3 N–H and O–H groups in total. The Kier molecular flexibility index (Phi) is 42.7. The molecular formula is C51H91NO5. The Morgan fingerprint density at radius 1 is 0.526 bits per heavy atom. The molecule has 0 aliphatic carbocycles. The SMILES string of the molecule is CCCC/C=C\CCCCCCCC(=O)OC(C/C=C\C/C=C\C/C=C\C/C=C\CCCCC)CC(=O)NC(CO)C(O)CCCCCCCCCCCCCC. The maximum Gasteiger partial charge on any atom is 0.306 e. The van der Waals surface area contributed by atoms with Gasteiger partial charge in [-0.1, -0.05) is 204 Å². The van der Waals surface area contributed by atoms with Crippen molar-refractivity contribution in [3.05, 3.63) is 60.8 Å². The summed E-state index contributed by atoms with van der Waals surface area (Å²) in [4.78, 5) is 26.0. The van der Waals surface area contributed by atoms with Gasteiger partial charge in [-0.15, -0.1) is 0 Å². The lowest BCUT2D eigenvalue weighted by Gasteiger charge is -2.24. The zero-order chi connectivity index (χ0) is 41.7. The van der Waals surface area contributed by atoms with Crippen molar-refractivity contribution in [3.8, 4) is 0 Å². The lowest BCUT2D eigenvalue weighted by atomic mass is 10.0. The number of aliphatic hydroxyl groups is 2. The van der Waals surface area contributed by atoms with Crippen LogP contribution in [0.2, 0.25) is 0 Å². The van der Waals surface area contributed by atoms with Gasteiger partial charge in [0.1, 0.15) is 6.10 Å². The van der Waals surface area contributed by atoms with Gasteiger partial charge in [0.05, 0.1) is 25.2 Å². The lowest BCUT2D eigenvalue weighted by Crippen LogP contribution is -2.46. The molecule has 6 heteroatoms. The molecule has 0 rings (SSSR count). The average molecular weight is 798 g/mol. The number of rotatable bonds is 42. The van der Waals surface area contributed by atoms with Gasteiger partial charge in [-0.25, -0.2) is 0 Å². The van der Waals surface area contributed by atoms with Crippen LogP contribution in [0, 0.1) is 0 Å². The molecule has 3 atom stereocenters. The van der Waals surface area contributed by atoms with Crippen molar-refractivity contribution in [3.63, 3.8) is 0 Å². The maximum absolute atomic E-state index is 13.1. The van der Waals surface area contributed by atoms with Crippen molar-refractivity contribution < 1.29 is 24.5 Å². The predicted octanol–water partition coefficient (Wildman–Crippen LogP) is 14.1. The van der Waals surface area contributed by atoms with Crippen molar-refractivity contribution in [2.45, 2.75) is 244 Å². The van der Waals surface area contributed by atoms with Crippen LogP contribution in [0.3, 0.4) is 0 Å². The Balaban J connectivity index is 4.75. The Morgan fingerprint density at radius 3 is 1.51 bits per heavy atom. The Hall–Kier alpha value is -2.44. The normalized spacial score (nSPS) is 13.8. The molecular weight excluding hydrogens is 707 g/mol. The minimum atomic E-state index is -0.811. The number of carbonyl (C=O) groups excluding carboxylic acids is 2. The van der Waals surface area contributed by atoms with Gasteiger partial charge in [-0.05, 0) is 64.2 Å². The van der Waals surface area contributed by atoms with E-state index in [0.717, 1.165) is 64.2 Å². The number of nitrogens with one attached hydrogen (secondary N) is 1. The Bertz CT molecular complexity index is 1030. The van der Waals surface area contributed by atoms with Crippen LogP contribution >= 0.6 is 0 Å². The van der Waals surface area contributed by atoms with Crippen molar-refractivity contribution in [1.29, 1.82) is 0 Å². The lowest BCUT2D eigenvalue weighted by molar-refractivity contribution is -0.150. The number of amides is 1. The molecule has 57 heavy (non-hydrogen) atoms. The van der Waals surface area contributed by atoms with Crippen LogP contribution in [0.15, 0.2) is 60.8 Å². The average Bonchev–Trinajstić information content (AvgIpc) is 3.20. The summed E-state index contributed by atoms with van der Waals surface area (Å²) in [6, 6.07) is -0.732. The van der Waals surface area contributed by atoms with Crippen molar-refractivity contribution >= 4 is 11.9 Å². The highest BCUT2D eigenvalue weighted by Gasteiger charge is 2.23. The van der Waals surface area contributed by atoms with Crippen molar-refractivity contribution in [2.24, 2.45) is 0 Å². The smallest absolute Gasteiger partial charge is 0.306 e. The number of hydrogen-bond acceptors (Lipinski definition) is 5. The minimum Gasteiger partial charge on any atom is -0.461 e. The fourth-order valence-electron chi connectivity index (χ4n) is 6.86. The molecule has 0 heterocycles. The van der Waals surface area contributed by atoms with Crippen LogP contribution in [0.25, 0.3) is 0 Å². The van der Waals surface area contributed by atoms with E-state index in [1.165, 1.54) is 116 Å². The van der Waals surface area contributed by atoms with E-state index in [-0.39, 0.29) is 24.9 Å². The van der Waals surface area contributed by atoms with Crippen LogP contribution in [-0.2, 0) is 14.3 Å². The van der Waals surface area contributed by atoms with E-state index in [1.54, 1.807) is 0 Å². The van der Waals surface area contributed by atoms with Crippen LogP contribution in [0.5, 0.6) is 0 Å². The molecule has 0 radical (unpaired) electrons. The molecule has 0 aliphatic rings. The predicted molar refractivity (Wildman–Crippen MR) is 245 cm³/mol. The van der Waals surface area contributed by atoms with Gasteiger partial charge in [-0.2, -0.15) is 0 Å². The van der Waals surface area contributed by atoms with E-state index in [2.05, 4.69) is 74.7 Å². The zero-order valence-electron chi connectivity index (χ0n) is 37.5. The van der Waals surface area contributed by atoms with E-state index < -0.39 is 18.2 Å². The summed E-state index contributed by atoms with van der Waals surface area (Å²) in [5.74, 6) is -0.589. The molecule has 6 nitrogen and oxygen atoms in total. The fourth-order valence-corrected chi connectivity index (χ4v) is 6.86. The molecule has 1 amide bonds. The molecule has 0 aromatic carbocycles. The first-order valence-corrected chi connectivity index (χ1v) is 24.0. The number of unbranched alkanes of at least 4 members (excludes halogenated alkanes) is 21. The van der Waals surface area contributed by atoms with Crippen molar-refractivity contribution in [1.82, 2.24) is 5.32 Å². The number of hydrogen-bond donors (Lipinski definition) is 3. The van der Waals surface area contributed by atoms with E-state index in [9.17, 15) is 19.8 Å². The standard InChI is InChI=1S/C51H91NO5/c1-4-7-10-13-16-19-22-24-25-26-28-30-33-36-39-42-47(57-51(56)44-41-38-35-32-27-21-18-15-12-9-6-3)45-50(55)52-48(46-53)49(54)43-40-37-34-31-29-23-20-17-14-11-8-5-2/h15-16,18-19,24-25,28,30,36,39,47-49,53-54H,4-14,17,20-23,26-27,29,31-35,37-38,40-46H2,1-3H3,(H,52,55)/b18-15-,19-16-,25-24-,30-28-,39-36-. The maximum atomic E-state index is 13.1. The summed E-state index contributed by atoms with van der Waals surface area (Å²) in [6.45, 7) is 6.37. The number of carbonyl (C=O) groups is 2. The third-order valence-electron chi connectivity index (χ3n) is 10.6. The third-order valence-corrected chi connectivity index (χ3v) is 10.6. The second-order valence-corrected chi connectivity index (χ2v) is 16.2. The number of aliphatic hydroxyl groups excluding tert-OH is 2. The van der Waals surface area contributed by atoms with Crippen LogP contribution in [0.4, 0.5) is 0 Å². The van der Waals surface area contributed by atoms with Gasteiger partial charge < -0.3 is 20.3 Å². The summed E-state index contributed by atoms with van der Waals surface area (Å²) >= 11 is 0. The highest BCUT2D eigenvalue weighted by atomic mass is 16.5. The molecule has 0 aliphatic heterocycles. The Labute approximate surface area is 352 Å². The number of allylic oxidation sites excluding steroid dienone is 9. The van der Waals surface area contributed by atoms with Crippen LogP contribution in [0.1, 0.15) is 226 Å². The zero-order valence-corrected chi connectivity index (χ0v) is 37.5. The summed E-state index contributed by atoms with van der Waals surface area (Å²) in [5.41, 5.74) is 0. The minimum absolute atomic E-state index is 0.00262.